The van der Waals surface area contributed by atoms with E-state index in [0.717, 1.165) is 12.0 Å². The third-order valence-corrected chi connectivity index (χ3v) is 7.03. The number of primary sulfonamides is 1. The van der Waals surface area contributed by atoms with E-state index in [1.54, 1.807) is 12.1 Å². The first kappa shape index (κ1) is 24.9. The van der Waals surface area contributed by atoms with E-state index in [9.17, 15) is 18.0 Å². The molecule has 33 heavy (non-hydrogen) atoms. The largest absolute Gasteiger partial charge is 0.354 e. The minimum Gasteiger partial charge on any atom is -0.354 e. The summed E-state index contributed by atoms with van der Waals surface area (Å²) in [5.74, 6) is -0.0334. The Balaban J connectivity index is 1.43. The van der Waals surface area contributed by atoms with Gasteiger partial charge in [-0.05, 0) is 55.2 Å². The van der Waals surface area contributed by atoms with Gasteiger partial charge in [-0.2, -0.15) is 0 Å². The fourth-order valence-corrected chi connectivity index (χ4v) is 4.38. The maximum atomic E-state index is 12.7. The van der Waals surface area contributed by atoms with Crippen molar-refractivity contribution in [3.63, 3.8) is 0 Å². The highest BCUT2D eigenvalue weighted by atomic mass is 32.2. The van der Waals surface area contributed by atoms with E-state index in [1.165, 1.54) is 17.7 Å². The summed E-state index contributed by atoms with van der Waals surface area (Å²) in [7, 11) is -3.71. The molecule has 1 unspecified atom stereocenters. The molecular formula is C24H32N4O4S. The van der Waals surface area contributed by atoms with Crippen LogP contribution in [-0.2, 0) is 27.7 Å². The van der Waals surface area contributed by atoms with Crippen molar-refractivity contribution in [3.05, 3.63) is 65.2 Å². The van der Waals surface area contributed by atoms with E-state index in [4.69, 9.17) is 5.14 Å². The molecule has 1 atom stereocenters. The number of rotatable bonds is 8. The first-order chi connectivity index (χ1) is 15.7. The minimum atomic E-state index is -3.71. The lowest BCUT2D eigenvalue weighted by Crippen LogP contribution is -2.55. The van der Waals surface area contributed by atoms with Crippen LogP contribution in [0.1, 0.15) is 35.3 Å². The molecular weight excluding hydrogens is 440 g/mol. The highest BCUT2D eigenvalue weighted by Gasteiger charge is 2.27. The summed E-state index contributed by atoms with van der Waals surface area (Å²) in [5, 5.41) is 8.04. The first-order valence-corrected chi connectivity index (χ1v) is 12.8. The molecule has 0 aromatic heterocycles. The van der Waals surface area contributed by atoms with Crippen molar-refractivity contribution in [1.82, 2.24) is 15.1 Å². The monoisotopic (exact) mass is 472 g/mol. The zero-order valence-electron chi connectivity index (χ0n) is 19.2. The lowest BCUT2D eigenvalue weighted by Gasteiger charge is -2.37. The number of sulfonamides is 1. The second-order valence-corrected chi connectivity index (χ2v) is 9.85. The van der Waals surface area contributed by atoms with Crippen LogP contribution in [-0.4, -0.2) is 68.8 Å². The van der Waals surface area contributed by atoms with Gasteiger partial charge in [-0.15, -0.1) is 0 Å². The average molecular weight is 473 g/mol. The Morgan fingerprint density at radius 2 is 1.55 bits per heavy atom. The molecule has 2 aromatic carbocycles. The van der Waals surface area contributed by atoms with Crippen molar-refractivity contribution in [2.24, 2.45) is 5.14 Å². The number of piperazine rings is 1. The molecule has 0 spiro atoms. The average Bonchev–Trinajstić information content (AvgIpc) is 2.83. The number of nitrogens with zero attached hydrogens (tertiary/aromatic N) is 2. The quantitative estimate of drug-likeness (QED) is 0.603. The summed E-state index contributed by atoms with van der Waals surface area (Å²) < 4.78 is 22.6. The van der Waals surface area contributed by atoms with Crippen LogP contribution in [0.25, 0.3) is 0 Å². The summed E-state index contributed by atoms with van der Waals surface area (Å²) in [5.41, 5.74) is 2.81. The second-order valence-electron chi connectivity index (χ2n) is 8.28. The zero-order valence-corrected chi connectivity index (χ0v) is 20.0. The predicted molar refractivity (Wildman–Crippen MR) is 127 cm³/mol. The van der Waals surface area contributed by atoms with Gasteiger partial charge >= 0.3 is 0 Å². The number of carbonyl (C=O) groups excluding carboxylic acids is 2. The van der Waals surface area contributed by atoms with Crippen LogP contribution in [0.4, 0.5) is 0 Å². The summed E-state index contributed by atoms with van der Waals surface area (Å²) in [6.45, 7) is 6.86. The SMILES string of the molecule is CCc1ccc(C(=O)N2CCN(C(C)C(=O)NCCc3ccc(S(N)(=O)=O)cc3)CC2)cc1. The molecule has 8 nitrogen and oxygen atoms in total. The van der Waals surface area contributed by atoms with Gasteiger partial charge in [-0.3, -0.25) is 14.5 Å². The number of hydrogen-bond acceptors (Lipinski definition) is 5. The molecule has 9 heteroatoms. The first-order valence-electron chi connectivity index (χ1n) is 11.2. The van der Waals surface area contributed by atoms with E-state index in [1.807, 2.05) is 36.1 Å². The molecule has 3 rings (SSSR count). The normalized spacial score (nSPS) is 15.8. The molecule has 0 saturated carbocycles. The maximum Gasteiger partial charge on any atom is 0.253 e. The van der Waals surface area contributed by atoms with Crippen molar-refractivity contribution < 1.29 is 18.0 Å². The molecule has 3 N–H and O–H groups in total. The zero-order chi connectivity index (χ0) is 24.0. The number of carbonyl (C=O) groups is 2. The lowest BCUT2D eigenvalue weighted by molar-refractivity contribution is -0.126. The molecule has 1 aliphatic rings. The Morgan fingerprint density at radius 3 is 2.09 bits per heavy atom. The van der Waals surface area contributed by atoms with Crippen LogP contribution in [0, 0.1) is 0 Å². The van der Waals surface area contributed by atoms with Gasteiger partial charge in [0.05, 0.1) is 10.9 Å². The van der Waals surface area contributed by atoms with Crippen molar-refractivity contribution in [2.75, 3.05) is 32.7 Å². The van der Waals surface area contributed by atoms with Crippen LogP contribution in [0.2, 0.25) is 0 Å². The van der Waals surface area contributed by atoms with E-state index in [0.29, 0.717) is 44.7 Å². The van der Waals surface area contributed by atoms with E-state index in [-0.39, 0.29) is 22.8 Å². The maximum absolute atomic E-state index is 12.7. The standard InChI is InChI=1S/C24H32N4O4S/c1-3-19-4-8-21(9-5-19)24(30)28-16-14-27(15-17-28)18(2)23(29)26-13-12-20-6-10-22(11-7-20)33(25,31)32/h4-11,18H,3,12-17H2,1-2H3,(H,26,29)(H2,25,31,32). The highest BCUT2D eigenvalue weighted by Crippen LogP contribution is 2.13. The Kier molecular flexibility index (Phi) is 8.23. The van der Waals surface area contributed by atoms with Gasteiger partial charge in [0.2, 0.25) is 15.9 Å². The summed E-state index contributed by atoms with van der Waals surface area (Å²) in [6, 6.07) is 13.8. The third kappa shape index (κ3) is 6.63. The van der Waals surface area contributed by atoms with E-state index < -0.39 is 10.0 Å². The fraction of sp³-hybridized carbons (Fsp3) is 0.417. The third-order valence-electron chi connectivity index (χ3n) is 6.10. The van der Waals surface area contributed by atoms with Crippen LogP contribution < -0.4 is 10.5 Å². The van der Waals surface area contributed by atoms with Crippen molar-refractivity contribution in [2.45, 2.75) is 37.6 Å². The van der Waals surface area contributed by atoms with Gasteiger partial charge in [-0.25, -0.2) is 13.6 Å². The molecule has 0 radical (unpaired) electrons. The fourth-order valence-electron chi connectivity index (χ4n) is 3.87. The van der Waals surface area contributed by atoms with Gasteiger partial charge in [0, 0.05) is 38.3 Å². The van der Waals surface area contributed by atoms with Crippen LogP contribution in [0.3, 0.4) is 0 Å². The summed E-state index contributed by atoms with van der Waals surface area (Å²) >= 11 is 0. The Hall–Kier alpha value is -2.75. The highest BCUT2D eigenvalue weighted by molar-refractivity contribution is 7.89. The molecule has 2 amide bonds. The Labute approximate surface area is 195 Å². The van der Waals surface area contributed by atoms with E-state index in [2.05, 4.69) is 17.1 Å². The second kappa shape index (κ2) is 10.9. The number of hydrogen-bond donors (Lipinski definition) is 2. The van der Waals surface area contributed by atoms with Crippen molar-refractivity contribution in [3.8, 4) is 0 Å². The molecule has 1 saturated heterocycles. The number of benzene rings is 2. The lowest BCUT2D eigenvalue weighted by atomic mass is 10.1. The molecule has 178 valence electrons. The Bertz CT molecular complexity index is 1060. The molecule has 0 aliphatic carbocycles. The molecule has 2 aromatic rings. The van der Waals surface area contributed by atoms with Gasteiger partial charge in [0.1, 0.15) is 0 Å². The Morgan fingerprint density at radius 1 is 0.970 bits per heavy atom. The minimum absolute atomic E-state index is 0.0304. The van der Waals surface area contributed by atoms with Crippen LogP contribution in [0.15, 0.2) is 53.4 Å². The van der Waals surface area contributed by atoms with Crippen LogP contribution in [0.5, 0.6) is 0 Å². The topological polar surface area (TPSA) is 113 Å². The molecule has 1 heterocycles. The smallest absolute Gasteiger partial charge is 0.253 e. The van der Waals surface area contributed by atoms with Crippen molar-refractivity contribution in [1.29, 1.82) is 0 Å². The molecule has 1 fully saturated rings. The number of amides is 2. The van der Waals surface area contributed by atoms with Gasteiger partial charge in [-0.1, -0.05) is 31.2 Å². The number of aryl methyl sites for hydroxylation is 1. The number of nitrogens with one attached hydrogen (secondary N) is 1. The summed E-state index contributed by atoms with van der Waals surface area (Å²) in [4.78, 5) is 29.3. The predicted octanol–water partition coefficient (Wildman–Crippen LogP) is 1.40. The van der Waals surface area contributed by atoms with Gasteiger partial charge in [0.25, 0.3) is 5.91 Å². The van der Waals surface area contributed by atoms with E-state index >= 15 is 0 Å². The summed E-state index contributed by atoms with van der Waals surface area (Å²) in [6.07, 6.45) is 1.53. The molecule has 1 aliphatic heterocycles. The van der Waals surface area contributed by atoms with Gasteiger partial charge < -0.3 is 10.2 Å². The van der Waals surface area contributed by atoms with Crippen molar-refractivity contribution >= 4 is 21.8 Å². The van der Waals surface area contributed by atoms with Crippen LogP contribution >= 0.6 is 0 Å². The van der Waals surface area contributed by atoms with Gasteiger partial charge in [0.15, 0.2) is 0 Å². The number of nitrogens with two attached hydrogens (primary N) is 1. The molecule has 0 bridgehead atoms.